The first-order valence-electron chi connectivity index (χ1n) is 8.71. The Bertz CT molecular complexity index is 970. The van der Waals surface area contributed by atoms with Crippen molar-refractivity contribution in [2.75, 3.05) is 25.0 Å². The molecule has 27 heavy (non-hydrogen) atoms. The largest absolute Gasteiger partial charge is 0.387 e. The van der Waals surface area contributed by atoms with Gasteiger partial charge in [-0.1, -0.05) is 35.3 Å². The van der Waals surface area contributed by atoms with E-state index in [2.05, 4.69) is 11.4 Å². The second-order valence-corrected chi connectivity index (χ2v) is 7.63. The smallest absolute Gasteiger partial charge is 0.248 e. The number of amides is 1. The van der Waals surface area contributed by atoms with Crippen molar-refractivity contribution in [1.82, 2.24) is 4.90 Å². The van der Waals surface area contributed by atoms with Crippen molar-refractivity contribution in [3.8, 4) is 17.2 Å². The predicted molar refractivity (Wildman–Crippen MR) is 105 cm³/mol. The Morgan fingerprint density at radius 1 is 1.37 bits per heavy atom. The van der Waals surface area contributed by atoms with Gasteiger partial charge in [-0.2, -0.15) is 5.26 Å². The molecule has 138 valence electrons. The maximum absolute atomic E-state index is 12.0. The average Bonchev–Trinajstić information content (AvgIpc) is 3.09. The number of carbonyl (C=O) groups is 1. The van der Waals surface area contributed by atoms with Crippen LogP contribution in [0.2, 0.25) is 10.0 Å². The van der Waals surface area contributed by atoms with Crippen LogP contribution in [0.4, 0.5) is 5.69 Å². The molecule has 0 spiro atoms. The molecule has 2 atom stereocenters. The lowest BCUT2D eigenvalue weighted by atomic mass is 9.84. The molecule has 7 heteroatoms. The van der Waals surface area contributed by atoms with Gasteiger partial charge in [-0.05, 0) is 41.3 Å². The minimum absolute atomic E-state index is 0.0414. The second-order valence-electron chi connectivity index (χ2n) is 6.85. The third-order valence-electron chi connectivity index (χ3n) is 5.36. The Labute approximate surface area is 167 Å². The summed E-state index contributed by atoms with van der Waals surface area (Å²) in [7, 11) is 0. The van der Waals surface area contributed by atoms with Gasteiger partial charge in [0, 0.05) is 25.0 Å². The highest BCUT2D eigenvalue weighted by Crippen LogP contribution is 2.50. The highest BCUT2D eigenvalue weighted by Gasteiger charge is 2.41. The van der Waals surface area contributed by atoms with Gasteiger partial charge in [-0.25, -0.2) is 0 Å². The molecule has 2 aliphatic heterocycles. The van der Waals surface area contributed by atoms with E-state index in [0.29, 0.717) is 28.7 Å². The Hall–Kier alpha value is -2.26. The Morgan fingerprint density at radius 2 is 2.19 bits per heavy atom. The van der Waals surface area contributed by atoms with E-state index in [4.69, 9.17) is 23.2 Å². The van der Waals surface area contributed by atoms with Crippen molar-refractivity contribution in [3.05, 3.63) is 51.5 Å². The lowest BCUT2D eigenvalue weighted by molar-refractivity contribution is -0.135. The summed E-state index contributed by atoms with van der Waals surface area (Å²) in [5, 5.41) is 22.9. The highest BCUT2D eigenvalue weighted by atomic mass is 35.5. The molecule has 2 N–H and O–H groups in total. The number of nitrogens with one attached hydrogen (secondary N) is 1. The normalized spacial score (nSPS) is 20.4. The summed E-state index contributed by atoms with van der Waals surface area (Å²) in [4.78, 5) is 13.7. The van der Waals surface area contributed by atoms with E-state index in [1.54, 1.807) is 11.0 Å². The van der Waals surface area contributed by atoms with E-state index in [9.17, 15) is 15.2 Å². The van der Waals surface area contributed by atoms with Gasteiger partial charge in [0.1, 0.15) is 6.61 Å². The SMILES string of the molecule is N#Cc1cccc(-c2cc(Cl)c(Cl)c3c2C2CN(C(=O)CO)CCC2N3)c1. The number of hydrogen-bond acceptors (Lipinski definition) is 4. The summed E-state index contributed by atoms with van der Waals surface area (Å²) < 4.78 is 0. The molecule has 0 aromatic heterocycles. The first-order valence-corrected chi connectivity index (χ1v) is 9.46. The zero-order chi connectivity index (χ0) is 19.1. The van der Waals surface area contributed by atoms with Crippen molar-refractivity contribution in [3.63, 3.8) is 0 Å². The van der Waals surface area contributed by atoms with Gasteiger partial charge in [-0.3, -0.25) is 4.79 Å². The molecule has 1 fully saturated rings. The number of fused-ring (bicyclic) bond motifs is 3. The Balaban J connectivity index is 1.84. The minimum atomic E-state index is -0.490. The molecule has 2 heterocycles. The Morgan fingerprint density at radius 3 is 2.93 bits per heavy atom. The van der Waals surface area contributed by atoms with Gasteiger partial charge in [-0.15, -0.1) is 0 Å². The van der Waals surface area contributed by atoms with Crippen LogP contribution in [0, 0.1) is 11.3 Å². The zero-order valence-electron chi connectivity index (χ0n) is 14.4. The van der Waals surface area contributed by atoms with Crippen LogP contribution in [0.15, 0.2) is 30.3 Å². The molecular weight excluding hydrogens is 385 g/mol. The molecule has 0 radical (unpaired) electrons. The fourth-order valence-electron chi connectivity index (χ4n) is 4.09. The number of piperidine rings is 1. The lowest BCUT2D eigenvalue weighted by Crippen LogP contribution is -2.46. The summed E-state index contributed by atoms with van der Waals surface area (Å²) in [5.41, 5.74) is 4.18. The van der Waals surface area contributed by atoms with Crippen molar-refractivity contribution in [2.45, 2.75) is 18.4 Å². The molecule has 1 saturated heterocycles. The first-order chi connectivity index (χ1) is 13.0. The van der Waals surface area contributed by atoms with Gasteiger partial charge in [0.05, 0.1) is 27.4 Å². The first kappa shape index (κ1) is 18.1. The molecule has 4 rings (SSSR count). The van der Waals surface area contributed by atoms with Crippen LogP contribution in [0.25, 0.3) is 11.1 Å². The summed E-state index contributed by atoms with van der Waals surface area (Å²) in [5.74, 6) is -0.227. The van der Waals surface area contributed by atoms with Crippen LogP contribution in [-0.4, -0.2) is 41.7 Å². The van der Waals surface area contributed by atoms with Crippen LogP contribution in [0.5, 0.6) is 0 Å². The number of carbonyl (C=O) groups excluding carboxylic acids is 1. The lowest BCUT2D eigenvalue weighted by Gasteiger charge is -2.35. The van der Waals surface area contributed by atoms with Gasteiger partial charge < -0.3 is 15.3 Å². The van der Waals surface area contributed by atoms with Crippen molar-refractivity contribution < 1.29 is 9.90 Å². The number of benzene rings is 2. The predicted octanol–water partition coefficient (Wildman–Crippen LogP) is 3.63. The van der Waals surface area contributed by atoms with Crippen LogP contribution >= 0.6 is 23.2 Å². The topological polar surface area (TPSA) is 76.4 Å². The molecule has 0 bridgehead atoms. The van der Waals surface area contributed by atoms with Gasteiger partial charge in [0.15, 0.2) is 0 Å². The summed E-state index contributed by atoms with van der Waals surface area (Å²) in [6.45, 7) is 0.606. The third-order valence-corrected chi connectivity index (χ3v) is 6.15. The van der Waals surface area contributed by atoms with E-state index < -0.39 is 6.61 Å². The monoisotopic (exact) mass is 401 g/mol. The Kier molecular flexibility index (Phi) is 4.73. The van der Waals surface area contributed by atoms with Crippen LogP contribution in [0.1, 0.15) is 23.5 Å². The number of anilines is 1. The average molecular weight is 402 g/mol. The third kappa shape index (κ3) is 3.04. The summed E-state index contributed by atoms with van der Waals surface area (Å²) >= 11 is 12.9. The summed E-state index contributed by atoms with van der Waals surface area (Å²) in [6, 6.07) is 11.5. The van der Waals surface area contributed by atoms with Gasteiger partial charge in [0.25, 0.3) is 0 Å². The van der Waals surface area contributed by atoms with Crippen molar-refractivity contribution in [2.24, 2.45) is 0 Å². The van der Waals surface area contributed by atoms with E-state index in [1.165, 1.54) is 0 Å². The number of rotatable bonds is 2. The maximum atomic E-state index is 12.0. The number of hydrogen-bond donors (Lipinski definition) is 2. The molecule has 2 aromatic rings. The molecule has 0 aliphatic carbocycles. The number of aliphatic hydroxyl groups is 1. The highest BCUT2D eigenvalue weighted by molar-refractivity contribution is 6.44. The van der Waals surface area contributed by atoms with Crippen molar-refractivity contribution >= 4 is 34.8 Å². The molecule has 2 unspecified atom stereocenters. The molecule has 2 aromatic carbocycles. The second kappa shape index (κ2) is 7.05. The van der Waals surface area contributed by atoms with Crippen LogP contribution in [-0.2, 0) is 4.79 Å². The minimum Gasteiger partial charge on any atom is -0.387 e. The zero-order valence-corrected chi connectivity index (χ0v) is 15.9. The number of aliphatic hydroxyl groups excluding tert-OH is 1. The quantitative estimate of drug-likeness (QED) is 0.805. The fourth-order valence-corrected chi connectivity index (χ4v) is 4.51. The van der Waals surface area contributed by atoms with Crippen LogP contribution < -0.4 is 5.32 Å². The molecule has 0 saturated carbocycles. The van der Waals surface area contributed by atoms with E-state index in [1.807, 2.05) is 24.3 Å². The van der Waals surface area contributed by atoms with E-state index in [-0.39, 0.29) is 17.9 Å². The van der Waals surface area contributed by atoms with Gasteiger partial charge in [0.2, 0.25) is 5.91 Å². The number of nitriles is 1. The van der Waals surface area contributed by atoms with Gasteiger partial charge >= 0.3 is 0 Å². The standard InChI is InChI=1S/C20H17Cl2N3O2/c21-15-7-13(12-3-1-2-11(6-12)8-23)18-14-9-25(17(27)10-26)5-4-16(14)24-20(18)19(15)22/h1-3,6-7,14,16,24,26H,4-5,9-10H2. The molecule has 2 aliphatic rings. The van der Waals surface area contributed by atoms with E-state index in [0.717, 1.165) is 28.8 Å². The van der Waals surface area contributed by atoms with Crippen molar-refractivity contribution in [1.29, 1.82) is 5.26 Å². The maximum Gasteiger partial charge on any atom is 0.248 e. The summed E-state index contributed by atoms with van der Waals surface area (Å²) in [6.07, 6.45) is 0.761. The molecular formula is C20H17Cl2N3O2. The fraction of sp³-hybridized carbons (Fsp3) is 0.300. The number of likely N-dealkylation sites (tertiary alicyclic amines) is 1. The molecule has 5 nitrogen and oxygen atoms in total. The van der Waals surface area contributed by atoms with E-state index >= 15 is 0 Å². The van der Waals surface area contributed by atoms with Crippen LogP contribution in [0.3, 0.4) is 0 Å². The number of nitrogens with zero attached hydrogens (tertiary/aromatic N) is 2. The number of halogens is 2. The molecule has 1 amide bonds.